The molecule has 1 aromatic heterocycles. The lowest BCUT2D eigenvalue weighted by atomic mass is 9.92. The predicted molar refractivity (Wildman–Crippen MR) is 88.7 cm³/mol. The molecule has 3 heterocycles. The number of benzene rings is 1. The fourth-order valence-corrected chi connectivity index (χ4v) is 3.79. The van der Waals surface area contributed by atoms with Crippen LogP contribution in [0.25, 0.3) is 0 Å². The van der Waals surface area contributed by atoms with Gasteiger partial charge in [0.15, 0.2) is 0 Å². The Bertz CT molecular complexity index is 742. The standard InChI is InChI=1S/C18H22N4O2/c1-21-12-19-20-17(21)14-6-4-8-22(10-14)18(23)15-9-13-5-2-3-7-16(13)24-11-15/h2-3,5,7,12,14-15H,4,6,8-11H2,1H3/t14-,15-/m1/s1. The van der Waals surface area contributed by atoms with Crippen LogP contribution >= 0.6 is 0 Å². The summed E-state index contributed by atoms with van der Waals surface area (Å²) in [5.41, 5.74) is 1.13. The minimum Gasteiger partial charge on any atom is -0.492 e. The van der Waals surface area contributed by atoms with Crippen molar-refractivity contribution in [2.24, 2.45) is 13.0 Å². The van der Waals surface area contributed by atoms with Gasteiger partial charge in [0.1, 0.15) is 24.5 Å². The van der Waals surface area contributed by atoms with Crippen LogP contribution in [0.2, 0.25) is 0 Å². The van der Waals surface area contributed by atoms with Gasteiger partial charge in [-0.1, -0.05) is 18.2 Å². The van der Waals surface area contributed by atoms with Crippen LogP contribution in [0.3, 0.4) is 0 Å². The lowest BCUT2D eigenvalue weighted by molar-refractivity contribution is -0.138. The van der Waals surface area contributed by atoms with Crippen molar-refractivity contribution in [1.82, 2.24) is 19.7 Å². The van der Waals surface area contributed by atoms with Gasteiger partial charge in [-0.25, -0.2) is 0 Å². The molecule has 0 saturated carbocycles. The molecule has 0 N–H and O–H groups in total. The van der Waals surface area contributed by atoms with E-state index in [2.05, 4.69) is 10.2 Å². The Morgan fingerprint density at radius 1 is 1.33 bits per heavy atom. The van der Waals surface area contributed by atoms with Crippen LogP contribution in [-0.4, -0.2) is 45.3 Å². The number of para-hydroxylation sites is 1. The Hall–Kier alpha value is -2.37. The first-order valence-corrected chi connectivity index (χ1v) is 8.56. The molecule has 4 rings (SSSR count). The molecule has 2 aromatic rings. The third kappa shape index (κ3) is 2.77. The Morgan fingerprint density at radius 2 is 2.21 bits per heavy atom. The van der Waals surface area contributed by atoms with Gasteiger partial charge >= 0.3 is 0 Å². The van der Waals surface area contributed by atoms with E-state index >= 15 is 0 Å². The minimum atomic E-state index is -0.0850. The summed E-state index contributed by atoms with van der Waals surface area (Å²) in [5, 5.41) is 8.20. The molecule has 0 radical (unpaired) electrons. The summed E-state index contributed by atoms with van der Waals surface area (Å²) in [4.78, 5) is 15.0. The highest BCUT2D eigenvalue weighted by Gasteiger charge is 2.33. The van der Waals surface area contributed by atoms with Gasteiger partial charge in [0.05, 0.1) is 5.92 Å². The van der Waals surface area contributed by atoms with Gasteiger partial charge in [0.25, 0.3) is 0 Å². The van der Waals surface area contributed by atoms with E-state index in [4.69, 9.17) is 4.74 Å². The summed E-state index contributed by atoms with van der Waals surface area (Å²) in [7, 11) is 1.96. The zero-order chi connectivity index (χ0) is 16.5. The van der Waals surface area contributed by atoms with Crippen LogP contribution in [0.15, 0.2) is 30.6 Å². The molecule has 126 valence electrons. The van der Waals surface area contributed by atoms with E-state index in [0.29, 0.717) is 6.61 Å². The number of aromatic nitrogens is 3. The second-order valence-corrected chi connectivity index (χ2v) is 6.74. The Kier molecular flexibility index (Phi) is 3.96. The quantitative estimate of drug-likeness (QED) is 0.844. The molecule has 0 spiro atoms. The largest absolute Gasteiger partial charge is 0.492 e. The van der Waals surface area contributed by atoms with E-state index in [1.165, 1.54) is 0 Å². The number of likely N-dealkylation sites (tertiary alicyclic amines) is 1. The van der Waals surface area contributed by atoms with Gasteiger partial charge in [-0.2, -0.15) is 0 Å². The van der Waals surface area contributed by atoms with E-state index in [-0.39, 0.29) is 17.7 Å². The Balaban J connectivity index is 1.46. The number of carbonyl (C=O) groups is 1. The smallest absolute Gasteiger partial charge is 0.229 e. The first-order chi connectivity index (χ1) is 11.7. The maximum Gasteiger partial charge on any atom is 0.229 e. The van der Waals surface area contributed by atoms with Crippen LogP contribution in [0, 0.1) is 5.92 Å². The highest BCUT2D eigenvalue weighted by Crippen LogP contribution is 2.30. The van der Waals surface area contributed by atoms with Crippen molar-refractivity contribution in [3.63, 3.8) is 0 Å². The van der Waals surface area contributed by atoms with Crippen LogP contribution in [0.1, 0.15) is 30.1 Å². The van der Waals surface area contributed by atoms with Gasteiger partial charge in [-0.05, 0) is 30.9 Å². The average molecular weight is 326 g/mol. The molecule has 2 aliphatic heterocycles. The minimum absolute atomic E-state index is 0.0850. The highest BCUT2D eigenvalue weighted by atomic mass is 16.5. The fourth-order valence-electron chi connectivity index (χ4n) is 3.79. The van der Waals surface area contributed by atoms with E-state index in [1.54, 1.807) is 6.33 Å². The Labute approximate surface area is 141 Å². The molecule has 1 fully saturated rings. The lowest BCUT2D eigenvalue weighted by Crippen LogP contribution is -2.45. The van der Waals surface area contributed by atoms with Gasteiger partial charge in [-0.15, -0.1) is 10.2 Å². The van der Waals surface area contributed by atoms with Crippen molar-refractivity contribution in [3.8, 4) is 5.75 Å². The molecule has 0 aliphatic carbocycles. The molecule has 6 nitrogen and oxygen atoms in total. The SMILES string of the molecule is Cn1cnnc1[C@@H]1CCCN(C(=O)[C@H]2COc3ccccc3C2)C1. The highest BCUT2D eigenvalue weighted by molar-refractivity contribution is 5.80. The van der Waals surface area contributed by atoms with Crippen LogP contribution in [0.4, 0.5) is 0 Å². The molecule has 1 saturated heterocycles. The average Bonchev–Trinajstić information content (AvgIpc) is 3.07. The number of carbonyl (C=O) groups excluding carboxylic acids is 1. The van der Waals surface area contributed by atoms with Crippen LogP contribution < -0.4 is 4.74 Å². The van der Waals surface area contributed by atoms with Gasteiger partial charge in [0, 0.05) is 26.1 Å². The first kappa shape index (κ1) is 15.2. The van der Waals surface area contributed by atoms with Crippen LogP contribution in [-0.2, 0) is 18.3 Å². The predicted octanol–water partition coefficient (Wildman–Crippen LogP) is 1.77. The molecular formula is C18H22N4O2. The molecule has 24 heavy (non-hydrogen) atoms. The maximum absolute atomic E-state index is 13.0. The first-order valence-electron chi connectivity index (χ1n) is 8.56. The van der Waals surface area contributed by atoms with Gasteiger partial charge < -0.3 is 14.2 Å². The maximum atomic E-state index is 13.0. The number of hydrogen-bond acceptors (Lipinski definition) is 4. The topological polar surface area (TPSA) is 60.2 Å². The van der Waals surface area contributed by atoms with Crippen molar-refractivity contribution in [1.29, 1.82) is 0 Å². The number of rotatable bonds is 2. The second-order valence-electron chi connectivity index (χ2n) is 6.74. The van der Waals surface area contributed by atoms with Crippen molar-refractivity contribution in [2.75, 3.05) is 19.7 Å². The molecule has 2 aliphatic rings. The molecule has 0 unspecified atom stereocenters. The summed E-state index contributed by atoms with van der Waals surface area (Å²) >= 11 is 0. The lowest BCUT2D eigenvalue weighted by Gasteiger charge is -2.35. The van der Waals surface area contributed by atoms with Gasteiger partial charge in [0.2, 0.25) is 5.91 Å². The van der Waals surface area contributed by atoms with E-state index in [1.807, 2.05) is 40.8 Å². The molecular weight excluding hydrogens is 304 g/mol. The number of amides is 1. The van der Waals surface area contributed by atoms with Crippen molar-refractivity contribution in [3.05, 3.63) is 42.0 Å². The van der Waals surface area contributed by atoms with E-state index in [0.717, 1.165) is 49.5 Å². The normalized spacial score (nSPS) is 23.5. The molecule has 0 bridgehead atoms. The van der Waals surface area contributed by atoms with Crippen molar-refractivity contribution in [2.45, 2.75) is 25.2 Å². The summed E-state index contributed by atoms with van der Waals surface area (Å²) in [6, 6.07) is 7.99. The number of aryl methyl sites for hydroxylation is 1. The fraction of sp³-hybridized carbons (Fsp3) is 0.500. The molecule has 1 amide bonds. The zero-order valence-electron chi connectivity index (χ0n) is 13.9. The van der Waals surface area contributed by atoms with Crippen molar-refractivity contribution < 1.29 is 9.53 Å². The van der Waals surface area contributed by atoms with Crippen LogP contribution in [0.5, 0.6) is 5.75 Å². The third-order valence-electron chi connectivity index (χ3n) is 5.07. The van der Waals surface area contributed by atoms with Crippen molar-refractivity contribution >= 4 is 5.91 Å². The molecule has 1 aromatic carbocycles. The molecule has 6 heteroatoms. The summed E-state index contributed by atoms with van der Waals surface area (Å²) in [6.07, 6.45) is 4.55. The number of fused-ring (bicyclic) bond motifs is 1. The number of ether oxygens (including phenoxy) is 1. The van der Waals surface area contributed by atoms with E-state index in [9.17, 15) is 4.79 Å². The summed E-state index contributed by atoms with van der Waals surface area (Å²) < 4.78 is 7.75. The second kappa shape index (κ2) is 6.26. The summed E-state index contributed by atoms with van der Waals surface area (Å²) in [6.45, 7) is 2.02. The number of piperidine rings is 1. The Morgan fingerprint density at radius 3 is 3.04 bits per heavy atom. The molecule has 2 atom stereocenters. The monoisotopic (exact) mass is 326 g/mol. The zero-order valence-corrected chi connectivity index (χ0v) is 13.9. The number of hydrogen-bond donors (Lipinski definition) is 0. The number of nitrogens with zero attached hydrogens (tertiary/aromatic N) is 4. The third-order valence-corrected chi connectivity index (χ3v) is 5.07. The summed E-state index contributed by atoms with van der Waals surface area (Å²) in [5.74, 6) is 2.27. The van der Waals surface area contributed by atoms with E-state index < -0.39 is 0 Å². The van der Waals surface area contributed by atoms with Gasteiger partial charge in [-0.3, -0.25) is 4.79 Å².